The molecule has 20 heavy (non-hydrogen) atoms. The summed E-state index contributed by atoms with van der Waals surface area (Å²) >= 11 is 0. The van der Waals surface area contributed by atoms with E-state index in [4.69, 9.17) is 4.74 Å². The normalized spacial score (nSPS) is 15.9. The molecule has 0 unspecified atom stereocenters. The molecule has 1 heterocycles. The first kappa shape index (κ1) is 15.5. The maximum absolute atomic E-state index is 12.6. The fourth-order valence-electron chi connectivity index (χ4n) is 2.11. The van der Waals surface area contributed by atoms with Crippen LogP contribution in [0.1, 0.15) is 25.5 Å². The molecule has 0 aromatic carbocycles. The number of aromatic amines is 1. The van der Waals surface area contributed by atoms with Gasteiger partial charge in [0.1, 0.15) is 0 Å². The lowest BCUT2D eigenvalue weighted by atomic mass is 10.4. The number of sulfonamides is 1. The van der Waals surface area contributed by atoms with Gasteiger partial charge in [-0.05, 0) is 25.5 Å². The van der Waals surface area contributed by atoms with E-state index < -0.39 is 10.0 Å². The van der Waals surface area contributed by atoms with Gasteiger partial charge in [0, 0.05) is 38.1 Å². The standard InChI is InChI=1S/C13H23N3O3S/c1-3-14-9-11-8-13(10-15-11)20(17,18)16(6-7-19-2)12-4-5-12/h8,10,12,14-15H,3-7,9H2,1-2H3. The fourth-order valence-corrected chi connectivity index (χ4v) is 3.80. The van der Waals surface area contributed by atoms with Crippen molar-refractivity contribution in [3.8, 4) is 0 Å². The summed E-state index contributed by atoms with van der Waals surface area (Å²) in [4.78, 5) is 3.36. The molecule has 1 aliphatic rings. The maximum Gasteiger partial charge on any atom is 0.244 e. The van der Waals surface area contributed by atoms with Gasteiger partial charge in [0.15, 0.2) is 0 Å². The molecule has 7 heteroatoms. The second-order valence-electron chi connectivity index (χ2n) is 4.98. The molecule has 0 spiro atoms. The van der Waals surface area contributed by atoms with E-state index in [2.05, 4.69) is 10.3 Å². The van der Waals surface area contributed by atoms with Crippen molar-refractivity contribution in [2.24, 2.45) is 0 Å². The third-order valence-corrected chi connectivity index (χ3v) is 5.29. The highest BCUT2D eigenvalue weighted by Crippen LogP contribution is 2.31. The third kappa shape index (κ3) is 3.60. The number of hydrogen-bond donors (Lipinski definition) is 2. The SMILES string of the molecule is CCNCc1cc(S(=O)(=O)N(CCOC)C2CC2)c[nH]1. The summed E-state index contributed by atoms with van der Waals surface area (Å²) in [6.07, 6.45) is 3.46. The average Bonchev–Trinajstić information content (AvgIpc) is 3.13. The minimum Gasteiger partial charge on any atom is -0.383 e. The van der Waals surface area contributed by atoms with E-state index >= 15 is 0 Å². The molecular formula is C13H23N3O3S. The van der Waals surface area contributed by atoms with Crippen molar-refractivity contribution >= 4 is 10.0 Å². The van der Waals surface area contributed by atoms with Crippen LogP contribution in [-0.4, -0.2) is 50.6 Å². The second kappa shape index (κ2) is 6.71. The summed E-state index contributed by atoms with van der Waals surface area (Å²) in [6.45, 7) is 4.35. The summed E-state index contributed by atoms with van der Waals surface area (Å²) in [5.74, 6) is 0. The molecule has 1 aromatic rings. The molecule has 0 radical (unpaired) electrons. The zero-order valence-corrected chi connectivity index (χ0v) is 12.9. The smallest absolute Gasteiger partial charge is 0.244 e. The number of ether oxygens (including phenoxy) is 1. The zero-order valence-electron chi connectivity index (χ0n) is 12.1. The maximum atomic E-state index is 12.6. The minimum atomic E-state index is -3.42. The third-order valence-electron chi connectivity index (χ3n) is 3.36. The Hall–Kier alpha value is -0.890. The number of hydrogen-bond acceptors (Lipinski definition) is 4. The van der Waals surface area contributed by atoms with Gasteiger partial charge in [-0.25, -0.2) is 8.42 Å². The van der Waals surface area contributed by atoms with E-state index in [1.165, 1.54) is 0 Å². The Labute approximate surface area is 120 Å². The molecule has 2 rings (SSSR count). The highest BCUT2D eigenvalue weighted by atomic mass is 32.2. The van der Waals surface area contributed by atoms with Crippen LogP contribution >= 0.6 is 0 Å². The first-order chi connectivity index (χ1) is 9.59. The van der Waals surface area contributed by atoms with Gasteiger partial charge in [-0.15, -0.1) is 0 Å². The van der Waals surface area contributed by atoms with Crippen molar-refractivity contribution < 1.29 is 13.2 Å². The first-order valence-electron chi connectivity index (χ1n) is 6.98. The highest BCUT2D eigenvalue weighted by molar-refractivity contribution is 7.89. The summed E-state index contributed by atoms with van der Waals surface area (Å²) in [5, 5.41) is 3.17. The Bertz CT molecular complexity index is 523. The van der Waals surface area contributed by atoms with Crippen LogP contribution in [0.2, 0.25) is 0 Å². The molecule has 0 atom stereocenters. The summed E-state index contributed by atoms with van der Waals surface area (Å²) in [5.41, 5.74) is 0.882. The van der Waals surface area contributed by atoms with Crippen LogP contribution in [0.25, 0.3) is 0 Å². The largest absolute Gasteiger partial charge is 0.383 e. The Morgan fingerprint density at radius 1 is 1.50 bits per heavy atom. The van der Waals surface area contributed by atoms with E-state index in [1.54, 1.807) is 23.7 Å². The number of nitrogens with one attached hydrogen (secondary N) is 2. The van der Waals surface area contributed by atoms with Gasteiger partial charge in [0.2, 0.25) is 10.0 Å². The molecule has 1 aliphatic carbocycles. The molecular weight excluding hydrogens is 278 g/mol. The van der Waals surface area contributed by atoms with Crippen molar-refractivity contribution in [3.63, 3.8) is 0 Å². The van der Waals surface area contributed by atoms with Crippen LogP contribution in [0.3, 0.4) is 0 Å². The average molecular weight is 301 g/mol. The molecule has 1 aromatic heterocycles. The fraction of sp³-hybridized carbons (Fsp3) is 0.692. The highest BCUT2D eigenvalue weighted by Gasteiger charge is 2.38. The van der Waals surface area contributed by atoms with Crippen LogP contribution in [0, 0.1) is 0 Å². The van der Waals surface area contributed by atoms with Crippen molar-refractivity contribution in [2.75, 3.05) is 26.8 Å². The Morgan fingerprint density at radius 2 is 2.25 bits per heavy atom. The van der Waals surface area contributed by atoms with Crippen LogP contribution in [0.15, 0.2) is 17.2 Å². The molecule has 0 saturated heterocycles. The van der Waals surface area contributed by atoms with E-state index in [0.29, 0.717) is 24.6 Å². The lowest BCUT2D eigenvalue weighted by Crippen LogP contribution is -2.35. The van der Waals surface area contributed by atoms with Gasteiger partial charge in [-0.3, -0.25) is 0 Å². The quantitative estimate of drug-likeness (QED) is 0.711. The molecule has 1 saturated carbocycles. The summed E-state index contributed by atoms with van der Waals surface area (Å²) in [6, 6.07) is 1.85. The molecule has 1 fully saturated rings. The van der Waals surface area contributed by atoms with Crippen LogP contribution in [0.4, 0.5) is 0 Å². The van der Waals surface area contributed by atoms with Crippen LogP contribution in [0.5, 0.6) is 0 Å². The lowest BCUT2D eigenvalue weighted by molar-refractivity contribution is 0.177. The molecule has 0 aliphatic heterocycles. The van der Waals surface area contributed by atoms with Gasteiger partial charge in [0.05, 0.1) is 11.5 Å². The van der Waals surface area contributed by atoms with Gasteiger partial charge < -0.3 is 15.0 Å². The Morgan fingerprint density at radius 3 is 2.85 bits per heavy atom. The molecule has 0 bridgehead atoms. The number of methoxy groups -OCH3 is 1. The van der Waals surface area contributed by atoms with Gasteiger partial charge in [-0.2, -0.15) is 4.31 Å². The van der Waals surface area contributed by atoms with Gasteiger partial charge in [-0.1, -0.05) is 6.92 Å². The molecule has 6 nitrogen and oxygen atoms in total. The summed E-state index contributed by atoms with van der Waals surface area (Å²) in [7, 11) is -1.83. The number of aromatic nitrogens is 1. The topological polar surface area (TPSA) is 74.4 Å². The Kier molecular flexibility index (Phi) is 5.20. The van der Waals surface area contributed by atoms with Gasteiger partial charge in [0.25, 0.3) is 0 Å². The number of rotatable bonds is 9. The minimum absolute atomic E-state index is 0.141. The first-order valence-corrected chi connectivity index (χ1v) is 8.42. The predicted octanol–water partition coefficient (Wildman–Crippen LogP) is 0.924. The number of nitrogens with zero attached hydrogens (tertiary/aromatic N) is 1. The van der Waals surface area contributed by atoms with E-state index in [9.17, 15) is 8.42 Å². The second-order valence-corrected chi connectivity index (χ2v) is 6.87. The lowest BCUT2D eigenvalue weighted by Gasteiger charge is -2.20. The van der Waals surface area contributed by atoms with E-state index in [0.717, 1.165) is 25.1 Å². The van der Waals surface area contributed by atoms with E-state index in [-0.39, 0.29) is 6.04 Å². The predicted molar refractivity (Wildman–Crippen MR) is 77.0 cm³/mol. The Balaban J connectivity index is 2.12. The summed E-state index contributed by atoms with van der Waals surface area (Å²) < 4.78 is 31.9. The van der Waals surface area contributed by atoms with Crippen LogP contribution in [-0.2, 0) is 21.3 Å². The van der Waals surface area contributed by atoms with Crippen molar-refractivity contribution in [3.05, 3.63) is 18.0 Å². The van der Waals surface area contributed by atoms with Gasteiger partial charge >= 0.3 is 0 Å². The molecule has 2 N–H and O–H groups in total. The number of H-pyrrole nitrogens is 1. The molecule has 114 valence electrons. The molecule has 0 amide bonds. The monoisotopic (exact) mass is 301 g/mol. The van der Waals surface area contributed by atoms with Crippen molar-refractivity contribution in [1.29, 1.82) is 0 Å². The van der Waals surface area contributed by atoms with Crippen molar-refractivity contribution in [1.82, 2.24) is 14.6 Å². The van der Waals surface area contributed by atoms with Crippen LogP contribution < -0.4 is 5.32 Å². The van der Waals surface area contributed by atoms with Crippen molar-refractivity contribution in [2.45, 2.75) is 37.2 Å². The van der Waals surface area contributed by atoms with E-state index in [1.807, 2.05) is 6.92 Å². The zero-order chi connectivity index (χ0) is 14.6.